The van der Waals surface area contributed by atoms with Crippen molar-refractivity contribution in [2.45, 2.75) is 12.5 Å². The third kappa shape index (κ3) is 4.69. The molecule has 130 valence electrons. The van der Waals surface area contributed by atoms with E-state index in [1.54, 1.807) is 29.4 Å². The number of halogens is 1. The molecular weight excluding hydrogens is 325 g/mol. The van der Waals surface area contributed by atoms with Crippen molar-refractivity contribution < 1.29 is 18.4 Å². The van der Waals surface area contributed by atoms with Gasteiger partial charge in [0.2, 0.25) is 5.91 Å². The monoisotopic (exact) mass is 343 g/mol. The number of carbonyl (C=O) groups excluding carboxylic acids is 2. The number of rotatable bonds is 4. The number of urea groups is 1. The molecule has 2 N–H and O–H groups in total. The Morgan fingerprint density at radius 1 is 1.24 bits per heavy atom. The zero-order valence-electron chi connectivity index (χ0n) is 13.4. The van der Waals surface area contributed by atoms with Crippen LogP contribution in [-0.4, -0.2) is 36.0 Å². The molecule has 1 aliphatic heterocycles. The molecule has 2 aromatic rings. The lowest BCUT2D eigenvalue weighted by atomic mass is 10.3. The smallest absolute Gasteiger partial charge is 0.319 e. The Balaban J connectivity index is 1.46. The van der Waals surface area contributed by atoms with Crippen molar-refractivity contribution in [2.24, 2.45) is 0 Å². The van der Waals surface area contributed by atoms with Crippen LogP contribution in [0.4, 0.5) is 14.9 Å². The molecule has 1 aliphatic rings. The first-order valence-electron chi connectivity index (χ1n) is 7.94. The Kier molecular flexibility index (Phi) is 5.13. The number of nitrogens with one attached hydrogen (secondary N) is 2. The van der Waals surface area contributed by atoms with E-state index in [0.29, 0.717) is 31.0 Å². The summed E-state index contributed by atoms with van der Waals surface area (Å²) in [4.78, 5) is 25.8. The van der Waals surface area contributed by atoms with Gasteiger partial charge in [0.25, 0.3) is 0 Å². The lowest BCUT2D eigenvalue weighted by molar-refractivity contribution is -0.125. The van der Waals surface area contributed by atoms with Gasteiger partial charge in [0.05, 0.1) is 6.26 Å². The normalized spacial score (nSPS) is 17.0. The number of nitrogens with zero attached hydrogens (tertiary/aromatic N) is 1. The predicted molar refractivity (Wildman–Crippen MR) is 91.3 cm³/mol. The van der Waals surface area contributed by atoms with E-state index >= 15 is 0 Å². The summed E-state index contributed by atoms with van der Waals surface area (Å²) < 4.78 is 18.0. The second-order valence-electron chi connectivity index (χ2n) is 5.72. The van der Waals surface area contributed by atoms with E-state index in [1.807, 2.05) is 0 Å². The van der Waals surface area contributed by atoms with E-state index in [9.17, 15) is 14.0 Å². The first kappa shape index (κ1) is 16.8. The molecule has 0 bridgehead atoms. The Bertz CT molecular complexity index is 756. The first-order valence-corrected chi connectivity index (χ1v) is 7.94. The molecule has 1 atom stereocenters. The number of hydrogen-bond donors (Lipinski definition) is 2. The Morgan fingerprint density at radius 3 is 2.76 bits per heavy atom. The van der Waals surface area contributed by atoms with Gasteiger partial charge >= 0.3 is 6.03 Å². The average Bonchev–Trinajstić information content (AvgIpc) is 3.26. The number of benzene rings is 1. The van der Waals surface area contributed by atoms with Crippen molar-refractivity contribution in [1.29, 1.82) is 0 Å². The van der Waals surface area contributed by atoms with Gasteiger partial charge in [-0.15, -0.1) is 0 Å². The molecule has 0 radical (unpaired) electrons. The van der Waals surface area contributed by atoms with Crippen molar-refractivity contribution in [3.8, 4) is 0 Å². The minimum atomic E-state index is -0.378. The number of likely N-dealkylation sites (tertiary alicyclic amines) is 1. The molecule has 25 heavy (non-hydrogen) atoms. The molecule has 1 fully saturated rings. The third-order valence-electron chi connectivity index (χ3n) is 3.87. The molecule has 3 amide bonds. The van der Waals surface area contributed by atoms with E-state index < -0.39 is 0 Å². The van der Waals surface area contributed by atoms with E-state index in [0.717, 1.165) is 0 Å². The van der Waals surface area contributed by atoms with Gasteiger partial charge in [-0.25, -0.2) is 9.18 Å². The Labute approximate surface area is 144 Å². The fourth-order valence-electron chi connectivity index (χ4n) is 2.61. The summed E-state index contributed by atoms with van der Waals surface area (Å²) in [6.45, 7) is 1.01. The van der Waals surface area contributed by atoms with Gasteiger partial charge < -0.3 is 20.0 Å². The fraction of sp³-hybridized carbons (Fsp3) is 0.222. The fourth-order valence-corrected chi connectivity index (χ4v) is 2.61. The number of carbonyl (C=O) groups is 2. The van der Waals surface area contributed by atoms with Gasteiger partial charge in [0.15, 0.2) is 0 Å². The molecule has 1 aromatic carbocycles. The number of anilines is 1. The van der Waals surface area contributed by atoms with Gasteiger partial charge in [0, 0.05) is 30.9 Å². The van der Waals surface area contributed by atoms with Crippen molar-refractivity contribution in [1.82, 2.24) is 10.2 Å². The maximum absolute atomic E-state index is 12.8. The molecule has 6 nitrogen and oxygen atoms in total. The van der Waals surface area contributed by atoms with Gasteiger partial charge in [-0.1, -0.05) is 0 Å². The highest BCUT2D eigenvalue weighted by Gasteiger charge is 2.26. The molecule has 1 aromatic heterocycles. The summed E-state index contributed by atoms with van der Waals surface area (Å²) in [5.74, 6) is 0.124. The lowest BCUT2D eigenvalue weighted by Gasteiger charge is -2.16. The van der Waals surface area contributed by atoms with Crippen LogP contribution in [0.2, 0.25) is 0 Å². The van der Waals surface area contributed by atoms with E-state index in [4.69, 9.17) is 4.42 Å². The second-order valence-corrected chi connectivity index (χ2v) is 5.72. The largest absolute Gasteiger partial charge is 0.465 e. The summed E-state index contributed by atoms with van der Waals surface area (Å²) in [6.07, 6.45) is 5.29. The van der Waals surface area contributed by atoms with Crippen LogP contribution in [0.15, 0.2) is 53.2 Å². The maximum atomic E-state index is 12.8. The van der Waals surface area contributed by atoms with Gasteiger partial charge in [0.1, 0.15) is 11.6 Å². The Morgan fingerprint density at radius 2 is 2.04 bits per heavy atom. The van der Waals surface area contributed by atoms with Gasteiger partial charge in [-0.2, -0.15) is 0 Å². The summed E-state index contributed by atoms with van der Waals surface area (Å²) >= 11 is 0. The zero-order chi connectivity index (χ0) is 17.6. The SMILES string of the molecule is O=C(Nc1ccc(F)cc1)N[C@H]1CCN(C(=O)/C=C\c2ccco2)C1. The minimum Gasteiger partial charge on any atom is -0.465 e. The minimum absolute atomic E-state index is 0.124. The van der Waals surface area contributed by atoms with Crippen molar-refractivity contribution in [3.05, 3.63) is 60.3 Å². The van der Waals surface area contributed by atoms with E-state index in [2.05, 4.69) is 10.6 Å². The predicted octanol–water partition coefficient (Wildman–Crippen LogP) is 2.85. The molecule has 0 unspecified atom stereocenters. The van der Waals surface area contributed by atoms with Crippen molar-refractivity contribution >= 4 is 23.7 Å². The third-order valence-corrected chi connectivity index (χ3v) is 3.87. The highest BCUT2D eigenvalue weighted by Crippen LogP contribution is 2.12. The number of furan rings is 1. The van der Waals surface area contributed by atoms with Crippen LogP contribution in [0.5, 0.6) is 0 Å². The molecule has 0 aliphatic carbocycles. The molecule has 1 saturated heterocycles. The average molecular weight is 343 g/mol. The van der Waals surface area contributed by atoms with Crippen LogP contribution in [0, 0.1) is 5.82 Å². The maximum Gasteiger partial charge on any atom is 0.319 e. The summed E-state index contributed by atoms with van der Waals surface area (Å²) in [6, 6.07) is 8.53. The van der Waals surface area contributed by atoms with Crippen LogP contribution in [0.1, 0.15) is 12.2 Å². The molecule has 3 rings (SSSR count). The van der Waals surface area contributed by atoms with Gasteiger partial charge in [-0.3, -0.25) is 4.79 Å². The van der Waals surface area contributed by atoms with Crippen LogP contribution in [0.3, 0.4) is 0 Å². The lowest BCUT2D eigenvalue weighted by Crippen LogP contribution is -2.40. The molecule has 0 spiro atoms. The number of amides is 3. The molecular formula is C18H18FN3O3. The zero-order valence-corrected chi connectivity index (χ0v) is 13.4. The van der Waals surface area contributed by atoms with Crippen LogP contribution in [0.25, 0.3) is 6.08 Å². The van der Waals surface area contributed by atoms with Crippen molar-refractivity contribution in [2.75, 3.05) is 18.4 Å². The number of hydrogen-bond acceptors (Lipinski definition) is 3. The molecule has 2 heterocycles. The summed E-state index contributed by atoms with van der Waals surface area (Å²) in [7, 11) is 0. The van der Waals surface area contributed by atoms with Crippen LogP contribution >= 0.6 is 0 Å². The summed E-state index contributed by atoms with van der Waals surface area (Å²) in [5, 5.41) is 5.45. The molecule has 7 heteroatoms. The molecule has 0 saturated carbocycles. The van der Waals surface area contributed by atoms with Crippen molar-refractivity contribution in [3.63, 3.8) is 0 Å². The van der Waals surface area contributed by atoms with E-state index in [1.165, 1.54) is 30.3 Å². The summed E-state index contributed by atoms with van der Waals surface area (Å²) in [5.41, 5.74) is 0.506. The highest BCUT2D eigenvalue weighted by atomic mass is 19.1. The van der Waals surface area contributed by atoms with Crippen LogP contribution < -0.4 is 10.6 Å². The standard InChI is InChI=1S/C18H18FN3O3/c19-13-3-5-14(6-4-13)20-18(24)21-15-9-10-22(12-15)17(23)8-7-16-2-1-11-25-16/h1-8,11,15H,9-10,12H2,(H2,20,21,24)/b8-7-/t15-/m0/s1. The topological polar surface area (TPSA) is 74.6 Å². The van der Waals surface area contributed by atoms with Gasteiger partial charge in [-0.05, 0) is 48.9 Å². The quantitative estimate of drug-likeness (QED) is 0.838. The Hall–Kier alpha value is -3.09. The van der Waals surface area contributed by atoms with Crippen LogP contribution in [-0.2, 0) is 4.79 Å². The first-order chi connectivity index (χ1) is 12.1. The van der Waals surface area contributed by atoms with E-state index in [-0.39, 0.29) is 23.8 Å². The second kappa shape index (κ2) is 7.65. The highest BCUT2D eigenvalue weighted by molar-refractivity contribution is 5.92.